The molecule has 0 atom stereocenters. The first-order valence-electron chi connectivity index (χ1n) is 6.41. The van der Waals surface area contributed by atoms with Crippen LogP contribution in [-0.2, 0) is 4.74 Å². The van der Waals surface area contributed by atoms with Crippen molar-refractivity contribution in [3.63, 3.8) is 0 Å². The number of anilines is 1. The molecule has 1 fully saturated rings. The summed E-state index contributed by atoms with van der Waals surface area (Å²) in [5, 5.41) is 4.61. The summed E-state index contributed by atoms with van der Waals surface area (Å²) >= 11 is 0. The summed E-state index contributed by atoms with van der Waals surface area (Å²) in [4.78, 5) is 11.8. The summed E-state index contributed by atoms with van der Waals surface area (Å²) < 4.78 is 10.5. The Morgan fingerprint density at radius 1 is 1.32 bits per heavy atom. The van der Waals surface area contributed by atoms with Crippen LogP contribution in [0.15, 0.2) is 24.3 Å². The first kappa shape index (κ1) is 13.6. The highest BCUT2D eigenvalue weighted by atomic mass is 16.5. The number of hydrogen-bond donors (Lipinski definition) is 2. The number of hydrazine groups is 1. The summed E-state index contributed by atoms with van der Waals surface area (Å²) in [5.41, 5.74) is 3.51. The number of urea groups is 1. The van der Waals surface area contributed by atoms with Crippen LogP contribution in [-0.4, -0.2) is 44.0 Å². The second-order valence-corrected chi connectivity index (χ2v) is 4.12. The van der Waals surface area contributed by atoms with E-state index in [9.17, 15) is 4.79 Å². The molecule has 1 aromatic carbocycles. The zero-order chi connectivity index (χ0) is 13.5. The Balaban J connectivity index is 1.80. The molecular formula is C13H19N3O3. The highest BCUT2D eigenvalue weighted by Crippen LogP contribution is 2.15. The highest BCUT2D eigenvalue weighted by molar-refractivity contribution is 5.88. The van der Waals surface area contributed by atoms with Gasteiger partial charge in [-0.2, -0.15) is 0 Å². The minimum absolute atomic E-state index is 0.244. The number of carbonyl (C=O) groups excluding carboxylic acids is 1. The van der Waals surface area contributed by atoms with Crippen molar-refractivity contribution in [2.24, 2.45) is 0 Å². The third-order valence-electron chi connectivity index (χ3n) is 2.69. The Kier molecular flexibility index (Phi) is 5.00. The van der Waals surface area contributed by atoms with E-state index < -0.39 is 0 Å². The van der Waals surface area contributed by atoms with E-state index in [0.29, 0.717) is 32.9 Å². The molecule has 6 heteroatoms. The molecule has 2 amide bonds. The smallest absolute Gasteiger partial charge is 0.333 e. The Bertz CT molecular complexity index is 402. The van der Waals surface area contributed by atoms with Crippen LogP contribution in [0.2, 0.25) is 0 Å². The predicted molar refractivity (Wildman–Crippen MR) is 72.2 cm³/mol. The van der Waals surface area contributed by atoms with Gasteiger partial charge in [0.2, 0.25) is 0 Å². The molecule has 1 aliphatic heterocycles. The molecule has 1 saturated heterocycles. The van der Waals surface area contributed by atoms with E-state index >= 15 is 0 Å². The van der Waals surface area contributed by atoms with Crippen LogP contribution < -0.4 is 15.5 Å². The number of ether oxygens (including phenoxy) is 2. The van der Waals surface area contributed by atoms with Gasteiger partial charge in [-0.15, -0.1) is 0 Å². The van der Waals surface area contributed by atoms with Crippen LogP contribution in [0.5, 0.6) is 5.75 Å². The minimum Gasteiger partial charge on any atom is -0.494 e. The zero-order valence-corrected chi connectivity index (χ0v) is 11.0. The van der Waals surface area contributed by atoms with Gasteiger partial charge in [-0.1, -0.05) is 0 Å². The van der Waals surface area contributed by atoms with Crippen LogP contribution >= 0.6 is 0 Å². The van der Waals surface area contributed by atoms with Gasteiger partial charge in [-0.3, -0.25) is 5.43 Å². The quantitative estimate of drug-likeness (QED) is 0.865. The Hall–Kier alpha value is -1.79. The fourth-order valence-corrected chi connectivity index (χ4v) is 1.78. The van der Waals surface area contributed by atoms with Crippen LogP contribution in [0.3, 0.4) is 0 Å². The number of rotatable bonds is 4. The summed E-state index contributed by atoms with van der Waals surface area (Å²) in [7, 11) is 0. The molecule has 0 unspecified atom stereocenters. The lowest BCUT2D eigenvalue weighted by Gasteiger charge is -2.26. The van der Waals surface area contributed by atoms with Crippen molar-refractivity contribution in [3.05, 3.63) is 24.3 Å². The lowest BCUT2D eigenvalue weighted by molar-refractivity contribution is 0.0207. The first-order valence-corrected chi connectivity index (χ1v) is 6.41. The van der Waals surface area contributed by atoms with Crippen LogP contribution in [0.4, 0.5) is 10.5 Å². The fraction of sp³-hybridized carbons (Fsp3) is 0.462. The molecule has 0 radical (unpaired) electrons. The average molecular weight is 265 g/mol. The maximum absolute atomic E-state index is 11.8. The third-order valence-corrected chi connectivity index (χ3v) is 2.69. The van der Waals surface area contributed by atoms with Gasteiger partial charge in [0, 0.05) is 18.8 Å². The number of hydrogen-bond acceptors (Lipinski definition) is 4. The molecule has 2 rings (SSSR count). The SMILES string of the molecule is CCOc1ccc(NC(=O)NN2CCOCC2)cc1. The topological polar surface area (TPSA) is 62.8 Å². The van der Waals surface area contributed by atoms with Gasteiger partial charge < -0.3 is 14.8 Å². The number of amides is 2. The monoisotopic (exact) mass is 265 g/mol. The number of carbonyl (C=O) groups is 1. The molecule has 0 saturated carbocycles. The minimum atomic E-state index is -0.244. The normalized spacial score (nSPS) is 15.8. The maximum atomic E-state index is 11.8. The standard InChI is InChI=1S/C13H19N3O3/c1-2-19-12-5-3-11(4-6-12)14-13(17)15-16-7-9-18-10-8-16/h3-6H,2,7-10H2,1H3,(H2,14,15,17). The molecule has 0 spiro atoms. The van der Waals surface area contributed by atoms with E-state index in [2.05, 4.69) is 10.7 Å². The molecule has 1 aliphatic rings. The summed E-state index contributed by atoms with van der Waals surface area (Å²) in [6, 6.07) is 7.03. The van der Waals surface area contributed by atoms with E-state index in [1.54, 1.807) is 0 Å². The van der Waals surface area contributed by atoms with E-state index in [0.717, 1.165) is 11.4 Å². The molecule has 1 heterocycles. The summed E-state index contributed by atoms with van der Waals surface area (Å²) in [6.45, 7) is 5.26. The van der Waals surface area contributed by atoms with Gasteiger partial charge in [-0.25, -0.2) is 9.80 Å². The van der Waals surface area contributed by atoms with Crippen LogP contribution in [0.25, 0.3) is 0 Å². The number of nitrogens with zero attached hydrogens (tertiary/aromatic N) is 1. The molecule has 0 aliphatic carbocycles. The van der Waals surface area contributed by atoms with Crippen molar-refractivity contribution in [2.75, 3.05) is 38.2 Å². The second-order valence-electron chi connectivity index (χ2n) is 4.12. The number of morpholine rings is 1. The lowest BCUT2D eigenvalue weighted by Crippen LogP contribution is -2.49. The van der Waals surface area contributed by atoms with Crippen LogP contribution in [0.1, 0.15) is 6.92 Å². The zero-order valence-electron chi connectivity index (χ0n) is 11.0. The van der Waals surface area contributed by atoms with Crippen molar-refractivity contribution < 1.29 is 14.3 Å². The predicted octanol–water partition coefficient (Wildman–Crippen LogP) is 1.45. The molecular weight excluding hydrogens is 246 g/mol. The number of benzene rings is 1. The van der Waals surface area contributed by atoms with Crippen molar-refractivity contribution >= 4 is 11.7 Å². The summed E-state index contributed by atoms with van der Waals surface area (Å²) in [5.74, 6) is 0.793. The van der Waals surface area contributed by atoms with E-state index in [1.165, 1.54) is 0 Å². The number of nitrogens with one attached hydrogen (secondary N) is 2. The molecule has 2 N–H and O–H groups in total. The Labute approximate surface area is 112 Å². The van der Waals surface area contributed by atoms with Gasteiger partial charge in [-0.05, 0) is 31.2 Å². The fourth-order valence-electron chi connectivity index (χ4n) is 1.78. The first-order chi connectivity index (χ1) is 9.28. The molecule has 104 valence electrons. The van der Waals surface area contributed by atoms with Gasteiger partial charge in [0.05, 0.1) is 19.8 Å². The highest BCUT2D eigenvalue weighted by Gasteiger charge is 2.12. The van der Waals surface area contributed by atoms with E-state index in [4.69, 9.17) is 9.47 Å². The second kappa shape index (κ2) is 6.96. The largest absolute Gasteiger partial charge is 0.494 e. The van der Waals surface area contributed by atoms with E-state index in [-0.39, 0.29) is 6.03 Å². The third kappa shape index (κ3) is 4.42. The van der Waals surface area contributed by atoms with Gasteiger partial charge in [0.15, 0.2) is 0 Å². The maximum Gasteiger partial charge on any atom is 0.333 e. The van der Waals surface area contributed by atoms with Crippen molar-refractivity contribution in [2.45, 2.75) is 6.92 Å². The molecule has 1 aromatic rings. The van der Waals surface area contributed by atoms with Crippen LogP contribution in [0, 0.1) is 0 Å². The van der Waals surface area contributed by atoms with Gasteiger partial charge in [0.25, 0.3) is 0 Å². The van der Waals surface area contributed by atoms with Crippen molar-refractivity contribution in [1.29, 1.82) is 0 Å². The average Bonchev–Trinajstić information content (AvgIpc) is 2.42. The Morgan fingerprint density at radius 2 is 2.00 bits per heavy atom. The molecule has 19 heavy (non-hydrogen) atoms. The van der Waals surface area contributed by atoms with E-state index in [1.807, 2.05) is 36.2 Å². The molecule has 0 bridgehead atoms. The molecule has 6 nitrogen and oxygen atoms in total. The molecule has 0 aromatic heterocycles. The Morgan fingerprint density at radius 3 is 2.63 bits per heavy atom. The van der Waals surface area contributed by atoms with Gasteiger partial charge in [0.1, 0.15) is 5.75 Å². The lowest BCUT2D eigenvalue weighted by atomic mass is 10.3. The summed E-state index contributed by atoms with van der Waals surface area (Å²) in [6.07, 6.45) is 0. The van der Waals surface area contributed by atoms with Crippen molar-refractivity contribution in [1.82, 2.24) is 10.4 Å². The van der Waals surface area contributed by atoms with Gasteiger partial charge >= 0.3 is 6.03 Å². The van der Waals surface area contributed by atoms with Crippen molar-refractivity contribution in [3.8, 4) is 5.75 Å².